The molecular weight excluding hydrogens is 216 g/mol. The smallest absolute Gasteiger partial charge is 0.0539 e. The number of fused-ring (bicyclic) bond motifs is 1. The summed E-state index contributed by atoms with van der Waals surface area (Å²) >= 11 is 1.97. The van der Waals surface area contributed by atoms with Crippen molar-refractivity contribution in [2.45, 2.75) is 31.2 Å². The van der Waals surface area contributed by atoms with Crippen LogP contribution < -0.4 is 10.6 Å². The van der Waals surface area contributed by atoms with Crippen molar-refractivity contribution in [3.63, 3.8) is 0 Å². The minimum atomic E-state index is 0.437. The van der Waals surface area contributed by atoms with Crippen molar-refractivity contribution in [1.29, 1.82) is 0 Å². The van der Waals surface area contributed by atoms with Crippen molar-refractivity contribution in [3.8, 4) is 0 Å². The Morgan fingerprint density at radius 1 is 1.50 bits per heavy atom. The third-order valence-electron chi connectivity index (χ3n) is 3.21. The molecule has 1 aliphatic rings. The largest absolute Gasteiger partial charge is 0.366 e. The maximum Gasteiger partial charge on any atom is 0.0539 e. The Kier molecular flexibility index (Phi) is 3.77. The molecular formula is C13H20N2S. The fourth-order valence-corrected chi connectivity index (χ4v) is 3.30. The first-order valence-corrected chi connectivity index (χ1v) is 6.97. The van der Waals surface area contributed by atoms with E-state index in [1.54, 1.807) is 0 Å². The number of thioether (sulfide) groups is 1. The summed E-state index contributed by atoms with van der Waals surface area (Å²) in [4.78, 5) is 3.90. The minimum absolute atomic E-state index is 0.437. The fourth-order valence-electron chi connectivity index (χ4n) is 2.23. The lowest BCUT2D eigenvalue weighted by Gasteiger charge is -2.37. The summed E-state index contributed by atoms with van der Waals surface area (Å²) in [7, 11) is 0. The number of hydrogen-bond acceptors (Lipinski definition) is 3. The number of rotatable bonds is 3. The second-order valence-corrected chi connectivity index (χ2v) is 5.38. The van der Waals surface area contributed by atoms with Crippen LogP contribution in [0.2, 0.25) is 0 Å². The van der Waals surface area contributed by atoms with Gasteiger partial charge >= 0.3 is 0 Å². The molecule has 1 unspecified atom stereocenters. The van der Waals surface area contributed by atoms with Gasteiger partial charge in [0.05, 0.1) is 5.69 Å². The molecule has 1 aromatic carbocycles. The van der Waals surface area contributed by atoms with E-state index < -0.39 is 0 Å². The Hall–Kier alpha value is -0.670. The van der Waals surface area contributed by atoms with Crippen molar-refractivity contribution in [2.75, 3.05) is 23.7 Å². The molecule has 2 rings (SSSR count). The Balaban J connectivity index is 2.42. The molecule has 16 heavy (non-hydrogen) atoms. The van der Waals surface area contributed by atoms with Gasteiger partial charge in [0.1, 0.15) is 0 Å². The lowest BCUT2D eigenvalue weighted by Crippen LogP contribution is -2.42. The molecule has 1 heterocycles. The third kappa shape index (κ3) is 2.06. The maximum absolute atomic E-state index is 5.80. The highest BCUT2D eigenvalue weighted by Crippen LogP contribution is 2.38. The van der Waals surface area contributed by atoms with E-state index in [1.807, 2.05) is 11.8 Å². The van der Waals surface area contributed by atoms with Gasteiger partial charge in [-0.3, -0.25) is 0 Å². The van der Waals surface area contributed by atoms with Gasteiger partial charge in [0.2, 0.25) is 0 Å². The minimum Gasteiger partial charge on any atom is -0.366 e. The first-order valence-electron chi connectivity index (χ1n) is 5.99. The summed E-state index contributed by atoms with van der Waals surface area (Å²) < 4.78 is 0. The van der Waals surface area contributed by atoms with Crippen LogP contribution in [0, 0.1) is 0 Å². The summed E-state index contributed by atoms with van der Waals surface area (Å²) in [5.74, 6) is 1.17. The molecule has 0 aromatic heterocycles. The summed E-state index contributed by atoms with van der Waals surface area (Å²) in [6.45, 7) is 6.28. The number of benzene rings is 1. The number of para-hydroxylation sites is 1. The van der Waals surface area contributed by atoms with Gasteiger partial charge in [-0.15, -0.1) is 11.8 Å². The van der Waals surface area contributed by atoms with E-state index in [0.717, 1.165) is 19.5 Å². The van der Waals surface area contributed by atoms with E-state index in [2.05, 4.69) is 36.9 Å². The van der Waals surface area contributed by atoms with Gasteiger partial charge in [0.25, 0.3) is 0 Å². The van der Waals surface area contributed by atoms with Gasteiger partial charge < -0.3 is 10.6 Å². The zero-order valence-electron chi connectivity index (χ0n) is 10.1. The van der Waals surface area contributed by atoms with Crippen molar-refractivity contribution < 1.29 is 0 Å². The van der Waals surface area contributed by atoms with Crippen LogP contribution in [0.1, 0.15) is 19.4 Å². The first kappa shape index (κ1) is 11.8. The van der Waals surface area contributed by atoms with Gasteiger partial charge in [0, 0.05) is 29.8 Å². The Morgan fingerprint density at radius 2 is 2.31 bits per heavy atom. The molecule has 88 valence electrons. The highest BCUT2D eigenvalue weighted by molar-refractivity contribution is 7.99. The third-order valence-corrected chi connectivity index (χ3v) is 4.24. The predicted molar refractivity (Wildman–Crippen MR) is 72.4 cm³/mol. The predicted octanol–water partition coefficient (Wildman–Crippen LogP) is 2.51. The fraction of sp³-hybridized carbons (Fsp3) is 0.538. The molecule has 0 radical (unpaired) electrons. The Labute approximate surface area is 102 Å². The molecule has 2 N–H and O–H groups in total. The zero-order valence-corrected chi connectivity index (χ0v) is 10.9. The molecule has 2 nitrogen and oxygen atoms in total. The first-order chi connectivity index (χ1) is 7.77. The number of nitrogens with zero attached hydrogens (tertiary/aromatic N) is 1. The summed E-state index contributed by atoms with van der Waals surface area (Å²) in [5.41, 5.74) is 8.68. The molecule has 0 saturated heterocycles. The van der Waals surface area contributed by atoms with E-state index in [0.29, 0.717) is 6.04 Å². The van der Waals surface area contributed by atoms with E-state index in [-0.39, 0.29) is 0 Å². The van der Waals surface area contributed by atoms with Crippen LogP contribution in [0.25, 0.3) is 0 Å². The van der Waals surface area contributed by atoms with Gasteiger partial charge in [-0.05, 0) is 25.0 Å². The number of hydrogen-bond donors (Lipinski definition) is 1. The Morgan fingerprint density at radius 3 is 3.00 bits per heavy atom. The van der Waals surface area contributed by atoms with Crippen LogP contribution in [-0.4, -0.2) is 24.9 Å². The molecule has 0 amide bonds. The van der Waals surface area contributed by atoms with Crippen LogP contribution in [0.3, 0.4) is 0 Å². The molecule has 0 spiro atoms. The van der Waals surface area contributed by atoms with Crippen LogP contribution >= 0.6 is 11.8 Å². The molecule has 3 heteroatoms. The highest BCUT2D eigenvalue weighted by atomic mass is 32.2. The molecule has 0 aliphatic carbocycles. The number of anilines is 1. The second kappa shape index (κ2) is 5.11. The van der Waals surface area contributed by atoms with Crippen molar-refractivity contribution in [2.24, 2.45) is 5.73 Å². The van der Waals surface area contributed by atoms with Gasteiger partial charge in [-0.2, -0.15) is 0 Å². The Bertz CT molecular complexity index is 351. The summed E-state index contributed by atoms with van der Waals surface area (Å²) in [6.07, 6.45) is 1.09. The van der Waals surface area contributed by atoms with Gasteiger partial charge in [0.15, 0.2) is 0 Å². The van der Waals surface area contributed by atoms with Crippen LogP contribution in [-0.2, 0) is 6.42 Å². The summed E-state index contributed by atoms with van der Waals surface area (Å²) in [5, 5.41) is 0. The van der Waals surface area contributed by atoms with Crippen LogP contribution in [0.4, 0.5) is 5.69 Å². The highest BCUT2D eigenvalue weighted by Gasteiger charge is 2.22. The molecule has 1 atom stereocenters. The van der Waals surface area contributed by atoms with Crippen molar-refractivity contribution in [3.05, 3.63) is 23.8 Å². The van der Waals surface area contributed by atoms with Crippen molar-refractivity contribution >= 4 is 17.4 Å². The van der Waals surface area contributed by atoms with Gasteiger partial charge in [-0.1, -0.05) is 19.1 Å². The summed E-state index contributed by atoms with van der Waals surface area (Å²) in [6, 6.07) is 7.07. The second-order valence-electron chi connectivity index (χ2n) is 4.24. The monoisotopic (exact) mass is 236 g/mol. The van der Waals surface area contributed by atoms with E-state index in [9.17, 15) is 0 Å². The molecule has 1 aromatic rings. The number of nitrogens with two attached hydrogens (primary N) is 1. The molecule has 0 bridgehead atoms. The molecule has 0 saturated carbocycles. The SMILES string of the molecule is CCc1cccc2c1N(C(C)CN)CCS2. The average molecular weight is 236 g/mol. The van der Waals surface area contributed by atoms with Crippen LogP contribution in [0.15, 0.2) is 23.1 Å². The van der Waals surface area contributed by atoms with Crippen LogP contribution in [0.5, 0.6) is 0 Å². The van der Waals surface area contributed by atoms with Gasteiger partial charge in [-0.25, -0.2) is 0 Å². The average Bonchev–Trinajstić information content (AvgIpc) is 2.36. The number of aryl methyl sites for hydroxylation is 1. The lowest BCUT2D eigenvalue weighted by molar-refractivity contribution is 0.648. The van der Waals surface area contributed by atoms with Crippen molar-refractivity contribution in [1.82, 2.24) is 0 Å². The zero-order chi connectivity index (χ0) is 11.5. The normalized spacial score (nSPS) is 17.1. The molecule has 0 fully saturated rings. The quantitative estimate of drug-likeness (QED) is 0.874. The van der Waals surface area contributed by atoms with E-state index >= 15 is 0 Å². The standard InChI is InChI=1S/C13H20N2S/c1-3-11-5-4-6-12-13(11)15(7-8-16-12)10(2)9-14/h4-6,10H,3,7-9,14H2,1-2H3. The van der Waals surface area contributed by atoms with E-state index in [1.165, 1.54) is 21.9 Å². The molecule has 1 aliphatic heterocycles. The lowest BCUT2D eigenvalue weighted by atomic mass is 10.1. The van der Waals surface area contributed by atoms with E-state index in [4.69, 9.17) is 5.73 Å². The maximum atomic E-state index is 5.80. The topological polar surface area (TPSA) is 29.3 Å².